The number of carbonyl (C=O) groups excluding carboxylic acids is 2. The maximum absolute atomic E-state index is 12.3. The van der Waals surface area contributed by atoms with Gasteiger partial charge in [0.15, 0.2) is 6.61 Å². The molecule has 0 aromatic heterocycles. The van der Waals surface area contributed by atoms with E-state index in [-0.39, 0.29) is 6.61 Å². The molecule has 0 aliphatic carbocycles. The van der Waals surface area contributed by atoms with Gasteiger partial charge < -0.3 is 14.2 Å². The van der Waals surface area contributed by atoms with Crippen LogP contribution >= 0.6 is 11.6 Å². The number of nitrogens with one attached hydrogen (secondary N) is 1. The Kier molecular flexibility index (Phi) is 7.61. The average Bonchev–Trinajstić information content (AvgIpc) is 2.79. The van der Waals surface area contributed by atoms with Crippen LogP contribution in [0.5, 0.6) is 17.2 Å². The zero-order valence-corrected chi connectivity index (χ0v) is 17.3. The molecule has 1 N–H and O–H groups in total. The highest BCUT2D eigenvalue weighted by Gasteiger charge is 2.09. The van der Waals surface area contributed by atoms with Gasteiger partial charge in [-0.2, -0.15) is 5.10 Å². The van der Waals surface area contributed by atoms with Crippen molar-refractivity contribution >= 4 is 29.7 Å². The number of benzene rings is 3. The van der Waals surface area contributed by atoms with Crippen LogP contribution in [0.3, 0.4) is 0 Å². The van der Waals surface area contributed by atoms with Crippen LogP contribution in [0, 0.1) is 0 Å². The van der Waals surface area contributed by atoms with E-state index in [0.29, 0.717) is 33.4 Å². The SMILES string of the molecule is COc1ccc(C(=O)Oc2cccc(/C=N/NC(=O)COc3ccc(Cl)cc3)c2)cc1. The average molecular weight is 439 g/mol. The molecule has 8 heteroatoms. The minimum atomic E-state index is -0.496. The number of halogens is 1. The molecular formula is C23H19ClN2O5. The van der Waals surface area contributed by atoms with E-state index in [9.17, 15) is 9.59 Å². The van der Waals surface area contributed by atoms with Crippen LogP contribution in [0.4, 0.5) is 0 Å². The second-order valence-corrected chi connectivity index (χ2v) is 6.66. The van der Waals surface area contributed by atoms with E-state index >= 15 is 0 Å². The van der Waals surface area contributed by atoms with Crippen molar-refractivity contribution in [3.63, 3.8) is 0 Å². The lowest BCUT2D eigenvalue weighted by Crippen LogP contribution is -2.24. The van der Waals surface area contributed by atoms with E-state index in [0.717, 1.165) is 0 Å². The Labute approximate surface area is 184 Å². The number of ether oxygens (including phenoxy) is 3. The van der Waals surface area contributed by atoms with Crippen molar-refractivity contribution in [2.45, 2.75) is 0 Å². The van der Waals surface area contributed by atoms with Crippen molar-refractivity contribution in [3.8, 4) is 17.2 Å². The molecule has 1 amide bonds. The van der Waals surface area contributed by atoms with Crippen molar-refractivity contribution in [2.75, 3.05) is 13.7 Å². The standard InChI is InChI=1S/C23H19ClN2O5/c1-29-19-9-5-17(6-10-19)23(28)31-21-4-2-3-16(13-21)14-25-26-22(27)15-30-20-11-7-18(24)8-12-20/h2-14H,15H2,1H3,(H,26,27)/b25-14+. The minimum absolute atomic E-state index is 0.196. The molecule has 0 fully saturated rings. The Morgan fingerprint density at radius 2 is 1.68 bits per heavy atom. The smallest absolute Gasteiger partial charge is 0.343 e. The summed E-state index contributed by atoms with van der Waals surface area (Å²) in [6.45, 7) is -0.196. The quantitative estimate of drug-likeness (QED) is 0.248. The molecule has 0 bridgehead atoms. The minimum Gasteiger partial charge on any atom is -0.497 e. The molecule has 0 radical (unpaired) electrons. The third kappa shape index (κ3) is 6.87. The second-order valence-electron chi connectivity index (χ2n) is 6.23. The van der Waals surface area contributed by atoms with Gasteiger partial charge in [0, 0.05) is 5.02 Å². The summed E-state index contributed by atoms with van der Waals surface area (Å²) in [6, 6.07) is 20.0. The Morgan fingerprint density at radius 1 is 0.968 bits per heavy atom. The molecule has 31 heavy (non-hydrogen) atoms. The molecule has 0 saturated heterocycles. The first-order chi connectivity index (χ1) is 15.0. The Morgan fingerprint density at radius 3 is 2.39 bits per heavy atom. The molecule has 0 heterocycles. The Balaban J connectivity index is 1.50. The van der Waals surface area contributed by atoms with E-state index in [2.05, 4.69) is 10.5 Å². The van der Waals surface area contributed by atoms with E-state index < -0.39 is 11.9 Å². The van der Waals surface area contributed by atoms with Gasteiger partial charge in [0.1, 0.15) is 17.2 Å². The van der Waals surface area contributed by atoms with Gasteiger partial charge >= 0.3 is 5.97 Å². The molecule has 3 aromatic rings. The van der Waals surface area contributed by atoms with Gasteiger partial charge in [0.25, 0.3) is 5.91 Å². The number of nitrogens with zero attached hydrogens (tertiary/aromatic N) is 1. The lowest BCUT2D eigenvalue weighted by molar-refractivity contribution is -0.123. The molecule has 7 nitrogen and oxygen atoms in total. The lowest BCUT2D eigenvalue weighted by Gasteiger charge is -2.06. The number of hydrogen-bond acceptors (Lipinski definition) is 6. The van der Waals surface area contributed by atoms with Gasteiger partial charge in [0.05, 0.1) is 18.9 Å². The van der Waals surface area contributed by atoms with Gasteiger partial charge in [-0.15, -0.1) is 0 Å². The van der Waals surface area contributed by atoms with Gasteiger partial charge in [0.2, 0.25) is 0 Å². The van der Waals surface area contributed by atoms with Gasteiger partial charge in [-0.05, 0) is 66.2 Å². The summed E-state index contributed by atoms with van der Waals surface area (Å²) in [5.74, 6) is 0.602. The summed E-state index contributed by atoms with van der Waals surface area (Å²) in [7, 11) is 1.55. The van der Waals surface area contributed by atoms with Crippen LogP contribution < -0.4 is 19.6 Å². The lowest BCUT2D eigenvalue weighted by atomic mass is 10.2. The topological polar surface area (TPSA) is 86.2 Å². The third-order valence-electron chi connectivity index (χ3n) is 3.98. The molecule has 0 aliphatic heterocycles. The van der Waals surface area contributed by atoms with Crippen LogP contribution in [0.25, 0.3) is 0 Å². The van der Waals surface area contributed by atoms with Crippen LogP contribution in [0.15, 0.2) is 77.9 Å². The first kappa shape index (κ1) is 21.9. The van der Waals surface area contributed by atoms with E-state index in [1.807, 2.05) is 0 Å². The molecule has 0 spiro atoms. The van der Waals surface area contributed by atoms with Crippen molar-refractivity contribution in [3.05, 3.63) is 88.9 Å². The van der Waals surface area contributed by atoms with Crippen molar-refractivity contribution in [1.29, 1.82) is 0 Å². The third-order valence-corrected chi connectivity index (χ3v) is 4.23. The fourth-order valence-corrected chi connectivity index (χ4v) is 2.57. The van der Waals surface area contributed by atoms with Gasteiger partial charge in [-0.3, -0.25) is 4.79 Å². The zero-order valence-electron chi connectivity index (χ0n) is 16.6. The largest absolute Gasteiger partial charge is 0.497 e. The maximum Gasteiger partial charge on any atom is 0.343 e. The number of carbonyl (C=O) groups is 2. The molecule has 0 unspecified atom stereocenters. The number of hydrogen-bond donors (Lipinski definition) is 1. The van der Waals surface area contributed by atoms with Crippen LogP contribution in [0.1, 0.15) is 15.9 Å². The highest BCUT2D eigenvalue weighted by Crippen LogP contribution is 2.17. The Bertz CT molecular complexity index is 1070. The molecular weight excluding hydrogens is 420 g/mol. The van der Waals surface area contributed by atoms with Crippen LogP contribution in [-0.4, -0.2) is 31.8 Å². The number of esters is 1. The molecule has 0 saturated carbocycles. The van der Waals surface area contributed by atoms with Crippen LogP contribution in [-0.2, 0) is 4.79 Å². The zero-order chi connectivity index (χ0) is 22.1. The molecule has 158 valence electrons. The molecule has 0 aliphatic rings. The van der Waals surface area contributed by atoms with Gasteiger partial charge in [-0.25, -0.2) is 10.2 Å². The van der Waals surface area contributed by atoms with Gasteiger partial charge in [-0.1, -0.05) is 23.7 Å². The fourth-order valence-electron chi connectivity index (χ4n) is 2.44. The monoisotopic (exact) mass is 438 g/mol. The van der Waals surface area contributed by atoms with E-state index in [1.54, 1.807) is 79.9 Å². The molecule has 3 rings (SSSR count). The second kappa shape index (κ2) is 10.8. The first-order valence-electron chi connectivity index (χ1n) is 9.20. The Hall–Kier alpha value is -3.84. The maximum atomic E-state index is 12.3. The number of rotatable bonds is 8. The summed E-state index contributed by atoms with van der Waals surface area (Å²) in [4.78, 5) is 24.1. The number of hydrazone groups is 1. The summed E-state index contributed by atoms with van der Waals surface area (Å²) in [5, 5.41) is 4.47. The normalized spacial score (nSPS) is 10.5. The summed E-state index contributed by atoms with van der Waals surface area (Å²) < 4.78 is 15.8. The first-order valence-corrected chi connectivity index (χ1v) is 9.58. The fraction of sp³-hybridized carbons (Fsp3) is 0.0870. The summed E-state index contributed by atoms with van der Waals surface area (Å²) >= 11 is 5.80. The number of amides is 1. The van der Waals surface area contributed by atoms with Crippen molar-refractivity contribution in [2.24, 2.45) is 5.10 Å². The van der Waals surface area contributed by atoms with E-state index in [4.69, 9.17) is 25.8 Å². The predicted octanol–water partition coefficient (Wildman–Crippen LogP) is 4.10. The number of methoxy groups -OCH3 is 1. The highest BCUT2D eigenvalue weighted by atomic mass is 35.5. The molecule has 3 aromatic carbocycles. The molecule has 0 atom stereocenters. The predicted molar refractivity (Wildman–Crippen MR) is 117 cm³/mol. The van der Waals surface area contributed by atoms with Crippen molar-refractivity contribution in [1.82, 2.24) is 5.43 Å². The van der Waals surface area contributed by atoms with Crippen molar-refractivity contribution < 1.29 is 23.8 Å². The summed E-state index contributed by atoms with van der Waals surface area (Å²) in [6.07, 6.45) is 1.44. The summed E-state index contributed by atoms with van der Waals surface area (Å²) in [5.41, 5.74) is 3.40. The van der Waals surface area contributed by atoms with Crippen LogP contribution in [0.2, 0.25) is 5.02 Å². The highest BCUT2D eigenvalue weighted by molar-refractivity contribution is 6.30. The van der Waals surface area contributed by atoms with E-state index in [1.165, 1.54) is 6.21 Å².